The predicted octanol–water partition coefficient (Wildman–Crippen LogP) is 4.09. The highest BCUT2D eigenvalue weighted by Crippen LogP contribution is 2.66. The number of hydrogen-bond donors (Lipinski definition) is 1. The second kappa shape index (κ2) is 7.60. The van der Waals surface area contributed by atoms with Gasteiger partial charge in [-0.2, -0.15) is 0 Å². The zero-order valence-corrected chi connectivity index (χ0v) is 19.4. The maximum Gasteiger partial charge on any atom is 0.397 e. The number of likely N-dealkylation sites (tertiary alicyclic amines) is 1. The summed E-state index contributed by atoms with van der Waals surface area (Å²) in [6.07, 6.45) is 11.8. The highest BCUT2D eigenvalue weighted by Gasteiger charge is 2.59. The summed E-state index contributed by atoms with van der Waals surface area (Å²) in [5.74, 6) is 1.27. The molecule has 172 valence electrons. The van der Waals surface area contributed by atoms with Gasteiger partial charge in [-0.1, -0.05) is 25.5 Å². The van der Waals surface area contributed by atoms with Gasteiger partial charge in [0.2, 0.25) is 0 Å². The molecule has 0 radical (unpaired) electrons. The van der Waals surface area contributed by atoms with Crippen LogP contribution in [0, 0.1) is 34.5 Å². The van der Waals surface area contributed by atoms with Gasteiger partial charge in [0.15, 0.2) is 0 Å². The molecule has 4 fully saturated rings. The number of fused-ring (bicyclic) bond motifs is 5. The Hall–Kier alpha value is -1.36. The van der Waals surface area contributed by atoms with Crippen molar-refractivity contribution in [2.45, 2.75) is 90.8 Å². The SMILES string of the molecule is C[C@H](OC(=O)C(=O)N1CCC1)[C@H]1CC[C@H]2[C@@H]3CC=C4C[C@@H](O)CC[C@]4(C)[C@H]3CC[C@]12C. The second-order valence-corrected chi connectivity index (χ2v) is 11.6. The lowest BCUT2D eigenvalue weighted by atomic mass is 9.47. The Balaban J connectivity index is 1.31. The molecule has 5 nitrogen and oxygen atoms in total. The molecule has 0 aromatic rings. The van der Waals surface area contributed by atoms with Crippen LogP contribution in [-0.4, -0.2) is 47.2 Å². The fraction of sp³-hybridized carbons (Fsp3) is 0.846. The van der Waals surface area contributed by atoms with E-state index in [-0.39, 0.29) is 23.0 Å². The Bertz CT molecular complexity index is 788. The zero-order valence-electron chi connectivity index (χ0n) is 19.4. The van der Waals surface area contributed by atoms with Crippen LogP contribution in [0.4, 0.5) is 0 Å². The standard InChI is InChI=1S/C26H39NO4/c1-16(31-24(30)23(29)27-13-4-14-27)20-7-8-21-19-6-5-17-15-18(28)9-11-25(17,2)22(19)10-12-26(20,21)3/h5,16,18-22,28H,4,6-15H2,1-3H3/t16-,18-,19-,20+,21-,22-,25-,26+/m0/s1. The molecule has 1 amide bonds. The number of hydrogen-bond acceptors (Lipinski definition) is 4. The summed E-state index contributed by atoms with van der Waals surface area (Å²) in [6, 6.07) is 0. The highest BCUT2D eigenvalue weighted by atomic mass is 16.5. The van der Waals surface area contributed by atoms with Crippen LogP contribution in [0.1, 0.15) is 78.6 Å². The molecular weight excluding hydrogens is 390 g/mol. The summed E-state index contributed by atoms with van der Waals surface area (Å²) in [5.41, 5.74) is 1.94. The summed E-state index contributed by atoms with van der Waals surface area (Å²) in [5, 5.41) is 10.2. The van der Waals surface area contributed by atoms with E-state index >= 15 is 0 Å². The van der Waals surface area contributed by atoms with Crippen LogP contribution in [0.5, 0.6) is 0 Å². The number of rotatable bonds is 2. The average molecular weight is 430 g/mol. The molecule has 5 heteroatoms. The van der Waals surface area contributed by atoms with Crippen molar-refractivity contribution in [1.82, 2.24) is 4.90 Å². The quantitative estimate of drug-likeness (QED) is 0.408. The molecule has 31 heavy (non-hydrogen) atoms. The van der Waals surface area contributed by atoms with E-state index in [9.17, 15) is 14.7 Å². The van der Waals surface area contributed by atoms with Gasteiger partial charge in [-0.25, -0.2) is 4.79 Å². The summed E-state index contributed by atoms with van der Waals surface area (Å²) < 4.78 is 5.75. The van der Waals surface area contributed by atoms with Crippen molar-refractivity contribution in [3.8, 4) is 0 Å². The van der Waals surface area contributed by atoms with Crippen molar-refractivity contribution in [2.75, 3.05) is 13.1 Å². The van der Waals surface area contributed by atoms with Crippen molar-refractivity contribution in [3.63, 3.8) is 0 Å². The Morgan fingerprint density at radius 2 is 1.90 bits per heavy atom. The number of carbonyl (C=O) groups is 2. The van der Waals surface area contributed by atoms with E-state index in [1.165, 1.54) is 24.8 Å². The third-order valence-electron chi connectivity index (χ3n) is 10.3. The lowest BCUT2D eigenvalue weighted by molar-refractivity contribution is -0.169. The number of carbonyl (C=O) groups excluding carboxylic acids is 2. The van der Waals surface area contributed by atoms with Crippen LogP contribution in [0.3, 0.4) is 0 Å². The number of aliphatic hydroxyl groups excluding tert-OH is 1. The van der Waals surface area contributed by atoms with Gasteiger partial charge in [0, 0.05) is 19.0 Å². The van der Waals surface area contributed by atoms with Gasteiger partial charge in [0.25, 0.3) is 0 Å². The molecule has 0 aromatic heterocycles. The molecule has 1 heterocycles. The van der Waals surface area contributed by atoms with E-state index in [0.717, 1.165) is 38.5 Å². The molecule has 8 atom stereocenters. The van der Waals surface area contributed by atoms with E-state index in [1.54, 1.807) is 4.90 Å². The topological polar surface area (TPSA) is 66.8 Å². The van der Waals surface area contributed by atoms with Crippen molar-refractivity contribution in [3.05, 3.63) is 11.6 Å². The average Bonchev–Trinajstić information content (AvgIpc) is 3.04. The fourth-order valence-electron chi connectivity index (χ4n) is 8.40. The first kappa shape index (κ1) is 21.5. The Morgan fingerprint density at radius 1 is 1.13 bits per heavy atom. The van der Waals surface area contributed by atoms with Crippen LogP contribution in [0.15, 0.2) is 11.6 Å². The largest absolute Gasteiger partial charge is 0.455 e. The first-order valence-electron chi connectivity index (χ1n) is 12.6. The van der Waals surface area contributed by atoms with Crippen molar-refractivity contribution >= 4 is 11.9 Å². The Kier molecular flexibility index (Phi) is 5.27. The number of esters is 1. The number of allylic oxidation sites excluding steroid dienone is 1. The van der Waals surface area contributed by atoms with Gasteiger partial charge >= 0.3 is 11.9 Å². The molecule has 1 aliphatic heterocycles. The van der Waals surface area contributed by atoms with Crippen molar-refractivity contribution in [2.24, 2.45) is 34.5 Å². The zero-order chi connectivity index (χ0) is 22.0. The van der Waals surface area contributed by atoms with Crippen LogP contribution in [-0.2, 0) is 14.3 Å². The maximum atomic E-state index is 12.4. The summed E-state index contributed by atoms with van der Waals surface area (Å²) >= 11 is 0. The van der Waals surface area contributed by atoms with Gasteiger partial charge in [-0.15, -0.1) is 0 Å². The first-order chi connectivity index (χ1) is 14.7. The summed E-state index contributed by atoms with van der Waals surface area (Å²) in [7, 11) is 0. The van der Waals surface area contributed by atoms with E-state index in [0.29, 0.717) is 36.8 Å². The molecule has 1 N–H and O–H groups in total. The number of aliphatic hydroxyl groups is 1. The molecule has 1 saturated heterocycles. The van der Waals surface area contributed by atoms with Crippen LogP contribution >= 0.6 is 0 Å². The second-order valence-electron chi connectivity index (χ2n) is 11.6. The third kappa shape index (κ3) is 3.29. The minimum atomic E-state index is -0.661. The minimum Gasteiger partial charge on any atom is -0.455 e. The van der Waals surface area contributed by atoms with Crippen molar-refractivity contribution in [1.29, 1.82) is 0 Å². The number of nitrogens with zero attached hydrogens (tertiary/aromatic N) is 1. The molecule has 0 unspecified atom stereocenters. The monoisotopic (exact) mass is 429 g/mol. The fourth-order valence-corrected chi connectivity index (χ4v) is 8.40. The smallest absolute Gasteiger partial charge is 0.397 e. The maximum absolute atomic E-state index is 12.4. The van der Waals surface area contributed by atoms with E-state index in [4.69, 9.17) is 4.74 Å². The first-order valence-corrected chi connectivity index (χ1v) is 12.6. The number of amides is 1. The van der Waals surface area contributed by atoms with Crippen molar-refractivity contribution < 1.29 is 19.4 Å². The van der Waals surface area contributed by atoms with Gasteiger partial charge in [-0.3, -0.25) is 4.79 Å². The van der Waals surface area contributed by atoms with E-state index in [2.05, 4.69) is 19.9 Å². The molecule has 5 rings (SSSR count). The molecule has 4 aliphatic carbocycles. The molecule has 3 saturated carbocycles. The normalized spacial score (nSPS) is 44.8. The van der Waals surface area contributed by atoms with Crippen LogP contribution in [0.2, 0.25) is 0 Å². The molecular formula is C26H39NO4. The lowest BCUT2D eigenvalue weighted by Gasteiger charge is -2.58. The molecule has 0 spiro atoms. The highest BCUT2D eigenvalue weighted by molar-refractivity contribution is 6.32. The van der Waals surface area contributed by atoms with Gasteiger partial charge in [0.05, 0.1) is 6.10 Å². The van der Waals surface area contributed by atoms with Gasteiger partial charge in [-0.05, 0) is 93.3 Å². The summed E-state index contributed by atoms with van der Waals surface area (Å²) in [4.78, 5) is 26.3. The Morgan fingerprint density at radius 3 is 2.61 bits per heavy atom. The Labute approximate surface area is 186 Å². The van der Waals surface area contributed by atoms with E-state index in [1.807, 2.05) is 6.92 Å². The molecule has 5 aliphatic rings. The van der Waals surface area contributed by atoms with Crippen LogP contribution < -0.4 is 0 Å². The van der Waals surface area contributed by atoms with Gasteiger partial charge < -0.3 is 14.7 Å². The molecule has 0 bridgehead atoms. The van der Waals surface area contributed by atoms with Crippen LogP contribution in [0.25, 0.3) is 0 Å². The number of ether oxygens (including phenoxy) is 1. The molecule has 0 aromatic carbocycles. The third-order valence-corrected chi connectivity index (χ3v) is 10.3. The summed E-state index contributed by atoms with van der Waals surface area (Å²) in [6.45, 7) is 8.26. The van der Waals surface area contributed by atoms with Gasteiger partial charge in [0.1, 0.15) is 6.10 Å². The lowest BCUT2D eigenvalue weighted by Crippen LogP contribution is -2.52. The van der Waals surface area contributed by atoms with E-state index < -0.39 is 11.9 Å². The predicted molar refractivity (Wildman–Crippen MR) is 118 cm³/mol. The minimum absolute atomic E-state index is 0.157.